The van der Waals surface area contributed by atoms with Gasteiger partial charge < -0.3 is 35.0 Å². The molecule has 1 saturated heterocycles. The summed E-state index contributed by atoms with van der Waals surface area (Å²) in [6.45, 7) is -0.571. The number of aliphatic hydroxyl groups excluding tert-OH is 4. The molecular weight excluding hydrogens is 332 g/mol. The third-order valence-electron chi connectivity index (χ3n) is 4.18. The molecule has 1 aromatic rings. The molecule has 1 aliphatic rings. The maximum atomic E-state index is 11.1. The van der Waals surface area contributed by atoms with Crippen LogP contribution in [0.1, 0.15) is 18.4 Å². The van der Waals surface area contributed by atoms with Gasteiger partial charge in [-0.25, -0.2) is 0 Å². The summed E-state index contributed by atoms with van der Waals surface area (Å²) in [5.41, 5.74) is 1.01. The minimum atomic E-state index is -1.56. The molecule has 6 atom stereocenters. The molecule has 0 spiro atoms. The third-order valence-corrected chi connectivity index (χ3v) is 4.18. The van der Waals surface area contributed by atoms with Crippen molar-refractivity contribution in [1.29, 1.82) is 0 Å². The lowest BCUT2D eigenvalue weighted by atomic mass is 9.99. The average molecular weight is 356 g/mol. The van der Waals surface area contributed by atoms with E-state index in [1.54, 1.807) is 0 Å². The Morgan fingerprint density at radius 1 is 1.12 bits per heavy atom. The van der Waals surface area contributed by atoms with E-state index in [0.717, 1.165) is 5.56 Å². The number of carboxylic acids is 1. The Hall–Kier alpha value is -1.55. The first kappa shape index (κ1) is 19.8. The number of rotatable bonds is 8. The predicted octanol–water partition coefficient (Wildman–Crippen LogP) is -0.721. The Morgan fingerprint density at radius 3 is 2.40 bits per heavy atom. The van der Waals surface area contributed by atoms with E-state index in [1.165, 1.54) is 0 Å². The highest BCUT2D eigenvalue weighted by molar-refractivity contribution is 5.67. The number of hydrogen-bond donors (Lipinski definition) is 5. The van der Waals surface area contributed by atoms with Crippen LogP contribution in [0, 0.1) is 0 Å². The van der Waals surface area contributed by atoms with Crippen molar-refractivity contribution in [2.24, 2.45) is 0 Å². The Bertz CT molecular complexity index is 535. The van der Waals surface area contributed by atoms with Gasteiger partial charge in [0.25, 0.3) is 0 Å². The van der Waals surface area contributed by atoms with E-state index in [-0.39, 0.29) is 6.42 Å². The van der Waals surface area contributed by atoms with E-state index in [1.807, 2.05) is 30.3 Å². The van der Waals surface area contributed by atoms with Gasteiger partial charge >= 0.3 is 5.97 Å². The van der Waals surface area contributed by atoms with Crippen LogP contribution in [0.5, 0.6) is 0 Å². The van der Waals surface area contributed by atoms with Gasteiger partial charge in [-0.2, -0.15) is 0 Å². The topological polar surface area (TPSA) is 137 Å². The molecule has 0 aromatic heterocycles. The van der Waals surface area contributed by atoms with Crippen molar-refractivity contribution in [3.63, 3.8) is 0 Å². The summed E-state index contributed by atoms with van der Waals surface area (Å²) in [5.74, 6) is -1.07. The molecule has 1 heterocycles. The molecule has 1 aliphatic heterocycles. The second-order valence-corrected chi connectivity index (χ2v) is 6.08. The standard InChI is InChI=1S/C17H24O8/c18-9-12-14(21)15(22)16(23)17(25-12)24-11(8-13(19)20)7-6-10-4-2-1-3-5-10/h1-5,11-12,14-18,21-23H,6-9H2,(H,19,20)/t11-,12+,14-,15-,16-,17-/m1/s1. The second kappa shape index (κ2) is 9.23. The molecule has 0 unspecified atom stereocenters. The third kappa shape index (κ3) is 5.46. The minimum Gasteiger partial charge on any atom is -0.481 e. The molecule has 1 fully saturated rings. The van der Waals surface area contributed by atoms with Crippen molar-refractivity contribution in [1.82, 2.24) is 0 Å². The van der Waals surface area contributed by atoms with Gasteiger partial charge in [0, 0.05) is 0 Å². The molecule has 2 rings (SSSR count). The molecule has 0 radical (unpaired) electrons. The summed E-state index contributed by atoms with van der Waals surface area (Å²) in [7, 11) is 0. The van der Waals surface area contributed by atoms with E-state index >= 15 is 0 Å². The molecule has 1 aromatic carbocycles. The normalized spacial score (nSPS) is 30.8. The van der Waals surface area contributed by atoms with Crippen molar-refractivity contribution in [2.45, 2.75) is 56.1 Å². The van der Waals surface area contributed by atoms with Gasteiger partial charge in [0.15, 0.2) is 6.29 Å². The van der Waals surface area contributed by atoms with Crippen molar-refractivity contribution in [3.8, 4) is 0 Å². The lowest BCUT2D eigenvalue weighted by Crippen LogP contribution is -2.59. The van der Waals surface area contributed by atoms with Crippen LogP contribution >= 0.6 is 0 Å². The average Bonchev–Trinajstić information content (AvgIpc) is 2.60. The summed E-state index contributed by atoms with van der Waals surface area (Å²) in [6, 6.07) is 9.44. The van der Waals surface area contributed by atoms with E-state index in [9.17, 15) is 25.2 Å². The maximum Gasteiger partial charge on any atom is 0.305 e. The SMILES string of the molecule is O=C(O)C[C@@H](CCc1ccccc1)O[C@@H]1O[C@@H](CO)[C@@H](O)[C@@H](O)[C@H]1O. The van der Waals surface area contributed by atoms with Gasteiger partial charge in [0.05, 0.1) is 19.1 Å². The molecule has 140 valence electrons. The van der Waals surface area contributed by atoms with Crippen molar-refractivity contribution < 1.29 is 39.8 Å². The van der Waals surface area contributed by atoms with Gasteiger partial charge in [-0.1, -0.05) is 30.3 Å². The number of carbonyl (C=O) groups is 1. The Kier molecular flexibility index (Phi) is 7.30. The van der Waals surface area contributed by atoms with Crippen LogP contribution < -0.4 is 0 Å². The van der Waals surface area contributed by atoms with Gasteiger partial charge in [-0.05, 0) is 18.4 Å². The van der Waals surface area contributed by atoms with Crippen LogP contribution in [0.15, 0.2) is 30.3 Å². The number of hydrogen-bond acceptors (Lipinski definition) is 7. The summed E-state index contributed by atoms with van der Waals surface area (Å²) < 4.78 is 10.8. The number of carboxylic acid groups (broad SMARTS) is 1. The molecule has 0 bridgehead atoms. The molecule has 0 aliphatic carbocycles. The maximum absolute atomic E-state index is 11.1. The fraction of sp³-hybridized carbons (Fsp3) is 0.588. The van der Waals surface area contributed by atoms with Gasteiger partial charge in [-0.3, -0.25) is 4.79 Å². The van der Waals surface area contributed by atoms with Gasteiger partial charge in [0.2, 0.25) is 0 Å². The lowest BCUT2D eigenvalue weighted by molar-refractivity contribution is -0.311. The molecule has 5 N–H and O–H groups in total. The largest absolute Gasteiger partial charge is 0.481 e. The minimum absolute atomic E-state index is 0.304. The van der Waals surface area contributed by atoms with Crippen LogP contribution in [0.4, 0.5) is 0 Å². The van der Waals surface area contributed by atoms with Crippen LogP contribution in [-0.2, 0) is 20.7 Å². The monoisotopic (exact) mass is 356 g/mol. The molecule has 25 heavy (non-hydrogen) atoms. The van der Waals surface area contributed by atoms with Crippen LogP contribution in [-0.4, -0.2) is 74.9 Å². The van der Waals surface area contributed by atoms with E-state index < -0.39 is 49.4 Å². The Morgan fingerprint density at radius 2 is 1.80 bits per heavy atom. The van der Waals surface area contributed by atoms with E-state index in [0.29, 0.717) is 12.8 Å². The number of aliphatic carboxylic acids is 1. The lowest BCUT2D eigenvalue weighted by Gasteiger charge is -2.40. The second-order valence-electron chi connectivity index (χ2n) is 6.08. The fourth-order valence-electron chi connectivity index (χ4n) is 2.75. The van der Waals surface area contributed by atoms with Gasteiger partial charge in [0.1, 0.15) is 24.4 Å². The number of ether oxygens (including phenoxy) is 2. The molecular formula is C17H24O8. The van der Waals surface area contributed by atoms with Crippen molar-refractivity contribution in [3.05, 3.63) is 35.9 Å². The van der Waals surface area contributed by atoms with E-state index in [4.69, 9.17) is 14.6 Å². The predicted molar refractivity (Wildman–Crippen MR) is 85.7 cm³/mol. The number of aliphatic hydroxyl groups is 4. The first-order valence-electron chi connectivity index (χ1n) is 8.14. The quantitative estimate of drug-likeness (QED) is 0.412. The number of aryl methyl sites for hydroxylation is 1. The highest BCUT2D eigenvalue weighted by Gasteiger charge is 2.44. The van der Waals surface area contributed by atoms with Crippen molar-refractivity contribution in [2.75, 3.05) is 6.61 Å². The van der Waals surface area contributed by atoms with Crippen LogP contribution in [0.2, 0.25) is 0 Å². The molecule has 8 heteroatoms. The van der Waals surface area contributed by atoms with Gasteiger partial charge in [-0.15, -0.1) is 0 Å². The Balaban J connectivity index is 2.01. The highest BCUT2D eigenvalue weighted by Crippen LogP contribution is 2.24. The number of benzene rings is 1. The van der Waals surface area contributed by atoms with Crippen LogP contribution in [0.3, 0.4) is 0 Å². The Labute approximate surface area is 145 Å². The summed E-state index contributed by atoms with van der Waals surface area (Å²) in [6.07, 6.45) is -7.16. The molecule has 8 nitrogen and oxygen atoms in total. The smallest absolute Gasteiger partial charge is 0.305 e. The molecule has 0 saturated carbocycles. The summed E-state index contributed by atoms with van der Waals surface area (Å²) in [5, 5.41) is 47.8. The summed E-state index contributed by atoms with van der Waals surface area (Å²) in [4.78, 5) is 11.1. The van der Waals surface area contributed by atoms with E-state index in [2.05, 4.69) is 0 Å². The van der Waals surface area contributed by atoms with Crippen LogP contribution in [0.25, 0.3) is 0 Å². The highest BCUT2D eigenvalue weighted by atomic mass is 16.7. The zero-order valence-corrected chi connectivity index (χ0v) is 13.6. The zero-order valence-electron chi connectivity index (χ0n) is 13.6. The first-order valence-corrected chi connectivity index (χ1v) is 8.14. The molecule has 0 amide bonds. The zero-order chi connectivity index (χ0) is 18.4. The summed E-state index contributed by atoms with van der Waals surface area (Å²) >= 11 is 0. The van der Waals surface area contributed by atoms with Crippen molar-refractivity contribution >= 4 is 5.97 Å². The fourth-order valence-corrected chi connectivity index (χ4v) is 2.75. The first-order chi connectivity index (χ1) is 11.9.